The van der Waals surface area contributed by atoms with Crippen LogP contribution in [0.25, 0.3) is 11.6 Å². The molecule has 1 heterocycles. The molecule has 0 atom stereocenters. The Morgan fingerprint density at radius 3 is 2.19 bits per heavy atom. The second-order valence-corrected chi connectivity index (χ2v) is 8.03. The van der Waals surface area contributed by atoms with Gasteiger partial charge in [-0.2, -0.15) is 0 Å². The molecule has 3 aromatic rings. The van der Waals surface area contributed by atoms with Crippen molar-refractivity contribution in [3.05, 3.63) is 95.6 Å². The largest absolute Gasteiger partial charge is 0.497 e. The van der Waals surface area contributed by atoms with Crippen LogP contribution in [-0.2, 0) is 6.42 Å². The zero-order valence-corrected chi connectivity index (χ0v) is 18.3. The molecule has 0 amide bonds. The average Bonchev–Trinajstić information content (AvgIpc) is 3.34. The number of allylic oxidation sites excluding steroid dienone is 1. The number of benzene rings is 3. The lowest BCUT2D eigenvalue weighted by molar-refractivity contribution is 0.238. The molecule has 0 N–H and O–H groups in total. The van der Waals surface area contributed by atoms with E-state index in [1.165, 1.54) is 48.2 Å². The van der Waals surface area contributed by atoms with Crippen molar-refractivity contribution in [2.75, 3.05) is 33.4 Å². The second-order valence-electron chi connectivity index (χ2n) is 8.03. The van der Waals surface area contributed by atoms with Crippen molar-refractivity contribution in [3.63, 3.8) is 0 Å². The van der Waals surface area contributed by atoms with E-state index in [1.807, 2.05) is 12.1 Å². The molecular weight excluding hydrogens is 382 g/mol. The Bertz CT molecular complexity index is 956. The van der Waals surface area contributed by atoms with E-state index in [0.29, 0.717) is 0 Å². The summed E-state index contributed by atoms with van der Waals surface area (Å²) >= 11 is 0. The van der Waals surface area contributed by atoms with Gasteiger partial charge < -0.3 is 9.47 Å². The molecular formula is C28H31NO2. The SMILES string of the molecule is COc1ccc(C/C(=C\c2ccc(OCCN3CCCC3)cc2)c2ccccc2)cc1. The van der Waals surface area contributed by atoms with Crippen molar-refractivity contribution >= 4 is 11.6 Å². The first kappa shape index (κ1) is 21.2. The van der Waals surface area contributed by atoms with Gasteiger partial charge in [-0.1, -0.05) is 60.7 Å². The van der Waals surface area contributed by atoms with Crippen LogP contribution in [-0.4, -0.2) is 38.3 Å². The van der Waals surface area contributed by atoms with E-state index in [4.69, 9.17) is 9.47 Å². The van der Waals surface area contributed by atoms with Gasteiger partial charge in [0.1, 0.15) is 18.1 Å². The summed E-state index contributed by atoms with van der Waals surface area (Å²) in [4.78, 5) is 2.47. The monoisotopic (exact) mass is 413 g/mol. The fourth-order valence-electron chi connectivity index (χ4n) is 4.01. The summed E-state index contributed by atoms with van der Waals surface area (Å²) in [7, 11) is 1.70. The first-order chi connectivity index (χ1) is 15.3. The molecule has 0 aromatic heterocycles. The van der Waals surface area contributed by atoms with E-state index in [1.54, 1.807) is 7.11 Å². The van der Waals surface area contributed by atoms with Crippen LogP contribution in [0.1, 0.15) is 29.5 Å². The molecule has 0 aliphatic carbocycles. The lowest BCUT2D eigenvalue weighted by Crippen LogP contribution is -2.25. The van der Waals surface area contributed by atoms with Crippen LogP contribution in [0.2, 0.25) is 0 Å². The van der Waals surface area contributed by atoms with Crippen molar-refractivity contribution in [3.8, 4) is 11.5 Å². The third kappa shape index (κ3) is 6.22. The number of methoxy groups -OCH3 is 1. The Kier molecular flexibility index (Phi) is 7.41. The van der Waals surface area contributed by atoms with Gasteiger partial charge in [-0.05, 0) is 78.9 Å². The smallest absolute Gasteiger partial charge is 0.119 e. The van der Waals surface area contributed by atoms with Crippen molar-refractivity contribution in [1.29, 1.82) is 0 Å². The Hall–Kier alpha value is -3.04. The van der Waals surface area contributed by atoms with Crippen molar-refractivity contribution in [2.24, 2.45) is 0 Å². The number of rotatable bonds is 9. The lowest BCUT2D eigenvalue weighted by Gasteiger charge is -2.15. The van der Waals surface area contributed by atoms with Gasteiger partial charge in [-0.25, -0.2) is 0 Å². The lowest BCUT2D eigenvalue weighted by atomic mass is 9.96. The van der Waals surface area contributed by atoms with Gasteiger partial charge in [-0.3, -0.25) is 4.90 Å². The van der Waals surface area contributed by atoms with Crippen LogP contribution in [0, 0.1) is 0 Å². The minimum atomic E-state index is 0.752. The predicted molar refractivity (Wildman–Crippen MR) is 129 cm³/mol. The quantitative estimate of drug-likeness (QED) is 0.405. The van der Waals surface area contributed by atoms with Crippen molar-refractivity contribution < 1.29 is 9.47 Å². The third-order valence-corrected chi connectivity index (χ3v) is 5.79. The van der Waals surface area contributed by atoms with Gasteiger partial charge in [0.25, 0.3) is 0 Å². The molecule has 0 bridgehead atoms. The van der Waals surface area contributed by atoms with Gasteiger partial charge in [0.15, 0.2) is 0 Å². The Labute approximate surface area is 185 Å². The molecule has 3 nitrogen and oxygen atoms in total. The topological polar surface area (TPSA) is 21.7 Å². The van der Waals surface area contributed by atoms with Gasteiger partial charge in [0, 0.05) is 6.54 Å². The molecule has 4 rings (SSSR count). The zero-order chi connectivity index (χ0) is 21.3. The Morgan fingerprint density at radius 1 is 0.839 bits per heavy atom. The van der Waals surface area contributed by atoms with E-state index in [9.17, 15) is 0 Å². The van der Waals surface area contributed by atoms with Crippen LogP contribution >= 0.6 is 0 Å². The molecule has 1 saturated heterocycles. The number of likely N-dealkylation sites (tertiary alicyclic amines) is 1. The molecule has 0 unspecified atom stereocenters. The normalized spacial score (nSPS) is 14.5. The highest BCUT2D eigenvalue weighted by molar-refractivity contribution is 5.82. The van der Waals surface area contributed by atoms with Crippen LogP contribution < -0.4 is 9.47 Å². The van der Waals surface area contributed by atoms with Crippen LogP contribution in [0.15, 0.2) is 78.9 Å². The zero-order valence-electron chi connectivity index (χ0n) is 18.3. The molecule has 31 heavy (non-hydrogen) atoms. The van der Waals surface area contributed by atoms with Gasteiger partial charge >= 0.3 is 0 Å². The summed E-state index contributed by atoms with van der Waals surface area (Å²) in [5.74, 6) is 1.82. The highest BCUT2D eigenvalue weighted by Crippen LogP contribution is 2.25. The van der Waals surface area contributed by atoms with Crippen molar-refractivity contribution in [1.82, 2.24) is 4.90 Å². The molecule has 3 heteroatoms. The summed E-state index contributed by atoms with van der Waals surface area (Å²) in [5, 5.41) is 0. The van der Waals surface area contributed by atoms with Gasteiger partial charge in [0.2, 0.25) is 0 Å². The highest BCUT2D eigenvalue weighted by Gasteiger charge is 2.10. The van der Waals surface area contributed by atoms with Crippen molar-refractivity contribution in [2.45, 2.75) is 19.3 Å². The molecule has 0 spiro atoms. The molecule has 1 aliphatic heterocycles. The number of hydrogen-bond acceptors (Lipinski definition) is 3. The van der Waals surface area contributed by atoms with E-state index in [0.717, 1.165) is 31.1 Å². The fraction of sp³-hybridized carbons (Fsp3) is 0.286. The number of nitrogens with zero attached hydrogens (tertiary/aromatic N) is 1. The summed E-state index contributed by atoms with van der Waals surface area (Å²) < 4.78 is 11.2. The minimum absolute atomic E-state index is 0.752. The molecule has 0 saturated carbocycles. The number of ether oxygens (including phenoxy) is 2. The van der Waals surface area contributed by atoms with Gasteiger partial charge in [0.05, 0.1) is 7.11 Å². The van der Waals surface area contributed by atoms with Crippen LogP contribution in [0.3, 0.4) is 0 Å². The summed E-state index contributed by atoms with van der Waals surface area (Å²) in [6.07, 6.45) is 5.78. The summed E-state index contributed by atoms with van der Waals surface area (Å²) in [5.41, 5.74) is 4.97. The molecule has 160 valence electrons. The molecule has 3 aromatic carbocycles. The third-order valence-electron chi connectivity index (χ3n) is 5.79. The average molecular weight is 414 g/mol. The first-order valence-electron chi connectivity index (χ1n) is 11.1. The maximum absolute atomic E-state index is 5.96. The van der Waals surface area contributed by atoms with E-state index in [2.05, 4.69) is 77.7 Å². The van der Waals surface area contributed by atoms with E-state index < -0.39 is 0 Å². The molecule has 1 aliphatic rings. The fourth-order valence-corrected chi connectivity index (χ4v) is 4.01. The minimum Gasteiger partial charge on any atom is -0.497 e. The number of hydrogen-bond donors (Lipinski definition) is 0. The first-order valence-corrected chi connectivity index (χ1v) is 11.1. The van der Waals surface area contributed by atoms with E-state index in [-0.39, 0.29) is 0 Å². The standard InChI is InChI=1S/C28H31NO2/c1-30-27-13-9-23(10-14-27)21-26(25-7-3-2-4-8-25)22-24-11-15-28(16-12-24)31-20-19-29-17-5-6-18-29/h2-4,7-16,22H,5-6,17-21H2,1H3/b26-22+. The highest BCUT2D eigenvalue weighted by atomic mass is 16.5. The van der Waals surface area contributed by atoms with E-state index >= 15 is 0 Å². The predicted octanol–water partition coefficient (Wildman–Crippen LogP) is 5.95. The maximum atomic E-state index is 5.96. The van der Waals surface area contributed by atoms with Crippen LogP contribution in [0.5, 0.6) is 11.5 Å². The molecule has 0 radical (unpaired) electrons. The molecule has 1 fully saturated rings. The Balaban J connectivity index is 1.45. The van der Waals surface area contributed by atoms with Gasteiger partial charge in [-0.15, -0.1) is 0 Å². The van der Waals surface area contributed by atoms with Crippen LogP contribution in [0.4, 0.5) is 0 Å². The maximum Gasteiger partial charge on any atom is 0.119 e. The summed E-state index contributed by atoms with van der Waals surface area (Å²) in [6, 6.07) is 27.3. The second kappa shape index (κ2) is 10.8. The Morgan fingerprint density at radius 2 is 1.52 bits per heavy atom. The summed E-state index contributed by atoms with van der Waals surface area (Å²) in [6.45, 7) is 4.19.